The van der Waals surface area contributed by atoms with E-state index < -0.39 is 22.1 Å². The number of sulfonamides is 1. The fraction of sp³-hybridized carbons (Fsp3) is 0.538. The summed E-state index contributed by atoms with van der Waals surface area (Å²) in [7, 11) is -3.38. The Bertz CT molecular complexity index is 825. The van der Waals surface area contributed by atoms with Gasteiger partial charge in [-0.05, 0) is 37.8 Å². The molecule has 1 unspecified atom stereocenters. The molecular weight excluding hydrogens is 367 g/mol. The number of thiophene rings is 1. The Labute approximate surface area is 140 Å². The van der Waals surface area contributed by atoms with Gasteiger partial charge in [-0.25, -0.2) is 13.1 Å². The Kier molecular flexibility index (Phi) is 4.43. The van der Waals surface area contributed by atoms with Gasteiger partial charge in [0.15, 0.2) is 0 Å². The highest BCUT2D eigenvalue weighted by Crippen LogP contribution is 2.44. The maximum absolute atomic E-state index is 12.5. The monoisotopic (exact) mass is 381 g/mol. The van der Waals surface area contributed by atoms with Crippen LogP contribution in [-0.2, 0) is 16.2 Å². The van der Waals surface area contributed by atoms with Gasteiger partial charge in [-0.2, -0.15) is 18.2 Å². The van der Waals surface area contributed by atoms with E-state index in [9.17, 15) is 21.6 Å². The molecular formula is C13H14F3N3O3S2. The highest BCUT2D eigenvalue weighted by atomic mass is 32.2. The largest absolute Gasteiger partial charge is 0.471 e. The second kappa shape index (κ2) is 6.12. The molecule has 1 saturated carbocycles. The van der Waals surface area contributed by atoms with Crippen molar-refractivity contribution in [2.45, 2.75) is 32.0 Å². The van der Waals surface area contributed by atoms with Gasteiger partial charge in [-0.3, -0.25) is 0 Å². The van der Waals surface area contributed by atoms with E-state index in [1.807, 2.05) is 0 Å². The second-order valence-electron chi connectivity index (χ2n) is 5.46. The molecule has 132 valence electrons. The lowest BCUT2D eigenvalue weighted by molar-refractivity contribution is -0.159. The first-order valence-corrected chi connectivity index (χ1v) is 9.67. The Morgan fingerprint density at radius 1 is 1.42 bits per heavy atom. The zero-order chi connectivity index (χ0) is 17.5. The van der Waals surface area contributed by atoms with Crippen molar-refractivity contribution in [2.75, 3.05) is 5.75 Å². The number of rotatable bonds is 6. The van der Waals surface area contributed by atoms with Crippen molar-refractivity contribution in [1.29, 1.82) is 0 Å². The topological polar surface area (TPSA) is 85.1 Å². The van der Waals surface area contributed by atoms with E-state index in [1.165, 1.54) is 0 Å². The molecule has 0 aliphatic heterocycles. The van der Waals surface area contributed by atoms with Crippen molar-refractivity contribution < 1.29 is 26.1 Å². The Hall–Kier alpha value is -1.46. The van der Waals surface area contributed by atoms with E-state index in [4.69, 9.17) is 0 Å². The summed E-state index contributed by atoms with van der Waals surface area (Å²) < 4.78 is 68.1. The SMILES string of the molecule is CCS(=O)(=O)NC(c1ccc(-c2noc(C(F)(F)F)n2)s1)C1CC1. The van der Waals surface area contributed by atoms with Crippen LogP contribution >= 0.6 is 11.3 Å². The molecule has 3 rings (SSSR count). The minimum Gasteiger partial charge on any atom is -0.329 e. The second-order valence-corrected chi connectivity index (χ2v) is 8.62. The van der Waals surface area contributed by atoms with E-state index in [-0.39, 0.29) is 23.5 Å². The number of hydrogen-bond donors (Lipinski definition) is 1. The molecule has 2 aromatic rings. The summed E-state index contributed by atoms with van der Waals surface area (Å²) >= 11 is 1.16. The zero-order valence-corrected chi connectivity index (χ0v) is 14.1. The van der Waals surface area contributed by atoms with Gasteiger partial charge < -0.3 is 4.52 Å². The van der Waals surface area contributed by atoms with Crippen LogP contribution in [0.15, 0.2) is 16.7 Å². The minimum atomic E-state index is -4.70. The van der Waals surface area contributed by atoms with Crippen LogP contribution in [0.4, 0.5) is 13.2 Å². The first-order chi connectivity index (χ1) is 11.2. The van der Waals surface area contributed by atoms with Gasteiger partial charge in [0, 0.05) is 4.88 Å². The average molecular weight is 381 g/mol. The van der Waals surface area contributed by atoms with Crippen molar-refractivity contribution in [3.8, 4) is 10.7 Å². The summed E-state index contributed by atoms with van der Waals surface area (Å²) in [6, 6.07) is 2.88. The lowest BCUT2D eigenvalue weighted by atomic mass is 10.1. The molecule has 1 aliphatic carbocycles. The Balaban J connectivity index is 1.85. The van der Waals surface area contributed by atoms with Crippen molar-refractivity contribution in [3.05, 3.63) is 22.9 Å². The molecule has 1 aliphatic rings. The number of nitrogens with one attached hydrogen (secondary N) is 1. The number of alkyl halides is 3. The lowest BCUT2D eigenvalue weighted by Gasteiger charge is -2.16. The molecule has 0 aromatic carbocycles. The van der Waals surface area contributed by atoms with Crippen LogP contribution in [0.25, 0.3) is 10.7 Å². The summed E-state index contributed by atoms with van der Waals surface area (Å²) in [6.07, 6.45) is -2.88. The van der Waals surface area contributed by atoms with E-state index in [0.717, 1.165) is 29.1 Å². The summed E-state index contributed by atoms with van der Waals surface area (Å²) in [4.78, 5) is 4.46. The normalized spacial score (nSPS) is 17.2. The molecule has 2 aromatic heterocycles. The van der Waals surface area contributed by atoms with Crippen LogP contribution in [0.1, 0.15) is 36.6 Å². The lowest BCUT2D eigenvalue weighted by Crippen LogP contribution is -2.30. The highest BCUT2D eigenvalue weighted by Gasteiger charge is 2.39. The van der Waals surface area contributed by atoms with Gasteiger partial charge in [-0.15, -0.1) is 11.3 Å². The first kappa shape index (κ1) is 17.4. The van der Waals surface area contributed by atoms with E-state index >= 15 is 0 Å². The molecule has 1 fully saturated rings. The van der Waals surface area contributed by atoms with Crippen molar-refractivity contribution >= 4 is 21.4 Å². The van der Waals surface area contributed by atoms with Gasteiger partial charge in [0.05, 0.1) is 16.7 Å². The number of aromatic nitrogens is 2. The molecule has 0 spiro atoms. The fourth-order valence-electron chi connectivity index (χ4n) is 2.17. The van der Waals surface area contributed by atoms with Gasteiger partial charge in [-0.1, -0.05) is 5.16 Å². The molecule has 24 heavy (non-hydrogen) atoms. The molecule has 0 radical (unpaired) electrons. The number of nitrogens with zero attached hydrogens (tertiary/aromatic N) is 2. The minimum absolute atomic E-state index is 0.0335. The predicted octanol–water partition coefficient (Wildman–Crippen LogP) is 3.21. The summed E-state index contributed by atoms with van der Waals surface area (Å²) in [5, 5.41) is 3.34. The van der Waals surface area contributed by atoms with Crippen molar-refractivity contribution in [1.82, 2.24) is 14.9 Å². The van der Waals surface area contributed by atoms with Crippen molar-refractivity contribution in [3.63, 3.8) is 0 Å². The standard InChI is InChI=1S/C13H14F3N3O3S2/c1-2-24(20,21)19-10(7-3-4-7)8-5-6-9(23-8)11-17-12(22-18-11)13(14,15)16/h5-7,10,19H,2-4H2,1H3. The zero-order valence-electron chi connectivity index (χ0n) is 12.5. The van der Waals surface area contributed by atoms with Crippen LogP contribution in [0.5, 0.6) is 0 Å². The van der Waals surface area contributed by atoms with Gasteiger partial charge in [0.25, 0.3) is 0 Å². The predicted molar refractivity (Wildman–Crippen MR) is 80.7 cm³/mol. The van der Waals surface area contributed by atoms with Crippen LogP contribution in [0.2, 0.25) is 0 Å². The molecule has 11 heteroatoms. The molecule has 2 heterocycles. The average Bonchev–Trinajstić information content (AvgIpc) is 3.01. The Morgan fingerprint density at radius 3 is 2.67 bits per heavy atom. The maximum Gasteiger partial charge on any atom is 0.471 e. The highest BCUT2D eigenvalue weighted by molar-refractivity contribution is 7.89. The first-order valence-electron chi connectivity index (χ1n) is 7.20. The maximum atomic E-state index is 12.5. The molecule has 6 nitrogen and oxygen atoms in total. The number of hydrogen-bond acceptors (Lipinski definition) is 6. The fourth-order valence-corrected chi connectivity index (χ4v) is 4.20. The van der Waals surface area contributed by atoms with Crippen LogP contribution in [-0.4, -0.2) is 24.3 Å². The smallest absolute Gasteiger partial charge is 0.329 e. The summed E-state index contributed by atoms with van der Waals surface area (Å²) in [5.74, 6) is -1.40. The van der Waals surface area contributed by atoms with Gasteiger partial charge >= 0.3 is 12.1 Å². The molecule has 0 saturated heterocycles. The van der Waals surface area contributed by atoms with Gasteiger partial charge in [0.2, 0.25) is 15.8 Å². The van der Waals surface area contributed by atoms with E-state index in [1.54, 1.807) is 19.1 Å². The van der Waals surface area contributed by atoms with Crippen molar-refractivity contribution in [2.24, 2.45) is 5.92 Å². The molecule has 1 N–H and O–H groups in total. The molecule has 0 amide bonds. The van der Waals surface area contributed by atoms with Crippen LogP contribution in [0.3, 0.4) is 0 Å². The molecule has 1 atom stereocenters. The molecule has 0 bridgehead atoms. The quantitative estimate of drug-likeness (QED) is 0.831. The third-order valence-corrected chi connectivity index (χ3v) is 6.14. The third-order valence-electron chi connectivity index (χ3n) is 3.60. The van der Waals surface area contributed by atoms with E-state index in [0.29, 0.717) is 4.88 Å². The Morgan fingerprint density at radius 2 is 2.12 bits per heavy atom. The third kappa shape index (κ3) is 3.78. The van der Waals surface area contributed by atoms with E-state index in [2.05, 4.69) is 19.4 Å². The summed E-state index contributed by atoms with van der Waals surface area (Å²) in [5.41, 5.74) is 0. The van der Waals surface area contributed by atoms with Crippen LogP contribution in [0, 0.1) is 5.92 Å². The van der Waals surface area contributed by atoms with Gasteiger partial charge in [0.1, 0.15) is 0 Å². The van der Waals surface area contributed by atoms with Crippen LogP contribution < -0.4 is 4.72 Å². The summed E-state index contributed by atoms with van der Waals surface area (Å²) in [6.45, 7) is 1.55. The number of halogens is 3.